The predicted molar refractivity (Wildman–Crippen MR) is 118 cm³/mol. The van der Waals surface area contributed by atoms with Gasteiger partial charge in [-0.2, -0.15) is 4.98 Å². The first-order chi connectivity index (χ1) is 15.8. The standard InChI is InChI=1S/C22H15F2N5O3S/c1-29-20-12(9-19(21(29)30)33(31,32)18-6-5-13(23)10-15(18)24)11-26-22(28-20)27-17-4-2-3-16-14(17)7-8-25-16/h2-11,25H,1H3,(H,26,27,28). The summed E-state index contributed by atoms with van der Waals surface area (Å²) in [5, 5.41) is 4.26. The highest BCUT2D eigenvalue weighted by Gasteiger charge is 2.27. The van der Waals surface area contributed by atoms with Gasteiger partial charge in [0.2, 0.25) is 15.8 Å². The number of rotatable bonds is 4. The van der Waals surface area contributed by atoms with Crippen molar-refractivity contribution in [1.29, 1.82) is 0 Å². The molecule has 0 saturated carbocycles. The van der Waals surface area contributed by atoms with Crippen LogP contribution in [-0.2, 0) is 16.9 Å². The van der Waals surface area contributed by atoms with Gasteiger partial charge in [-0.05, 0) is 36.4 Å². The molecule has 33 heavy (non-hydrogen) atoms. The molecule has 0 amide bonds. The quantitative estimate of drug-likeness (QED) is 0.391. The van der Waals surface area contributed by atoms with Crippen LogP contribution in [-0.4, -0.2) is 27.9 Å². The van der Waals surface area contributed by atoms with Crippen LogP contribution in [0.3, 0.4) is 0 Å². The number of sulfone groups is 1. The van der Waals surface area contributed by atoms with Crippen LogP contribution in [0.5, 0.6) is 0 Å². The molecule has 0 aliphatic rings. The van der Waals surface area contributed by atoms with Gasteiger partial charge in [0.05, 0.1) is 5.69 Å². The van der Waals surface area contributed by atoms with Crippen molar-refractivity contribution in [2.75, 3.05) is 5.32 Å². The molecule has 0 radical (unpaired) electrons. The molecule has 0 unspecified atom stereocenters. The minimum Gasteiger partial charge on any atom is -0.361 e. The number of H-pyrrole nitrogens is 1. The number of halogens is 2. The molecule has 166 valence electrons. The van der Waals surface area contributed by atoms with Crippen molar-refractivity contribution < 1.29 is 17.2 Å². The minimum atomic E-state index is -4.56. The lowest BCUT2D eigenvalue weighted by molar-refractivity contribution is 0.548. The Bertz CT molecular complexity index is 1730. The van der Waals surface area contributed by atoms with Crippen LogP contribution in [0.25, 0.3) is 21.9 Å². The topological polar surface area (TPSA) is 110 Å². The fourth-order valence-electron chi connectivity index (χ4n) is 3.60. The van der Waals surface area contributed by atoms with E-state index in [4.69, 9.17) is 0 Å². The number of aryl methyl sites for hydroxylation is 1. The zero-order valence-corrected chi connectivity index (χ0v) is 17.8. The van der Waals surface area contributed by atoms with Gasteiger partial charge in [-0.1, -0.05) is 6.07 Å². The van der Waals surface area contributed by atoms with Crippen molar-refractivity contribution in [2.45, 2.75) is 9.79 Å². The summed E-state index contributed by atoms with van der Waals surface area (Å²) >= 11 is 0. The smallest absolute Gasteiger partial charge is 0.271 e. The molecule has 0 fully saturated rings. The molecule has 5 aromatic rings. The molecule has 0 saturated heterocycles. The average molecular weight is 467 g/mol. The number of nitrogens with one attached hydrogen (secondary N) is 2. The van der Waals surface area contributed by atoms with Gasteiger partial charge < -0.3 is 10.3 Å². The van der Waals surface area contributed by atoms with Crippen molar-refractivity contribution in [3.63, 3.8) is 0 Å². The summed E-state index contributed by atoms with van der Waals surface area (Å²) < 4.78 is 54.4. The first-order valence-corrected chi connectivity index (χ1v) is 11.1. The van der Waals surface area contributed by atoms with Crippen LogP contribution in [0.1, 0.15) is 0 Å². The van der Waals surface area contributed by atoms with Gasteiger partial charge in [0.1, 0.15) is 27.1 Å². The minimum absolute atomic E-state index is 0.178. The summed E-state index contributed by atoms with van der Waals surface area (Å²) in [5.41, 5.74) is 0.932. The molecule has 0 bridgehead atoms. The number of aromatic amines is 1. The van der Waals surface area contributed by atoms with E-state index >= 15 is 0 Å². The lowest BCUT2D eigenvalue weighted by atomic mass is 10.2. The van der Waals surface area contributed by atoms with Crippen LogP contribution in [0.2, 0.25) is 0 Å². The second kappa shape index (κ2) is 7.48. The Morgan fingerprint density at radius 2 is 1.88 bits per heavy atom. The Morgan fingerprint density at radius 3 is 2.67 bits per heavy atom. The van der Waals surface area contributed by atoms with Gasteiger partial charge in [-0.25, -0.2) is 22.2 Å². The van der Waals surface area contributed by atoms with Crippen LogP contribution < -0.4 is 10.9 Å². The zero-order valence-electron chi connectivity index (χ0n) is 17.0. The molecular weight excluding hydrogens is 452 g/mol. The molecule has 5 rings (SSSR count). The Kier molecular flexibility index (Phi) is 4.71. The first kappa shape index (κ1) is 20.8. The predicted octanol–water partition coefficient (Wildman–Crippen LogP) is 3.66. The van der Waals surface area contributed by atoms with Gasteiger partial charge in [-0.15, -0.1) is 0 Å². The molecule has 0 atom stereocenters. The average Bonchev–Trinajstić information content (AvgIpc) is 3.26. The zero-order chi connectivity index (χ0) is 23.3. The van der Waals surface area contributed by atoms with Crippen LogP contribution >= 0.6 is 0 Å². The second-order valence-electron chi connectivity index (χ2n) is 7.29. The van der Waals surface area contributed by atoms with Crippen molar-refractivity contribution in [3.05, 3.63) is 82.9 Å². The molecule has 0 aliphatic carbocycles. The number of nitrogens with zero attached hydrogens (tertiary/aromatic N) is 3. The van der Waals surface area contributed by atoms with E-state index in [1.807, 2.05) is 24.3 Å². The Hall–Kier alpha value is -4.12. The van der Waals surface area contributed by atoms with Gasteiger partial charge >= 0.3 is 0 Å². The Balaban J connectivity index is 1.61. The summed E-state index contributed by atoms with van der Waals surface area (Å²) in [7, 11) is -3.20. The number of fused-ring (bicyclic) bond motifs is 2. The second-order valence-corrected chi connectivity index (χ2v) is 9.18. The number of benzene rings is 2. The van der Waals surface area contributed by atoms with Crippen molar-refractivity contribution in [1.82, 2.24) is 19.5 Å². The highest BCUT2D eigenvalue weighted by molar-refractivity contribution is 7.91. The Morgan fingerprint density at radius 1 is 1.06 bits per heavy atom. The number of hydrogen-bond acceptors (Lipinski definition) is 6. The fraction of sp³-hybridized carbons (Fsp3) is 0.0455. The third-order valence-corrected chi connectivity index (χ3v) is 7.01. The molecule has 3 heterocycles. The third-order valence-electron chi connectivity index (χ3n) is 5.23. The molecule has 2 N–H and O–H groups in total. The van der Waals surface area contributed by atoms with Gasteiger partial charge in [0.25, 0.3) is 5.56 Å². The maximum Gasteiger partial charge on any atom is 0.271 e. The number of pyridine rings is 1. The maximum atomic E-state index is 14.2. The van der Waals surface area contributed by atoms with E-state index in [1.165, 1.54) is 13.2 Å². The third kappa shape index (κ3) is 3.42. The van der Waals surface area contributed by atoms with E-state index < -0.39 is 36.8 Å². The molecule has 3 aromatic heterocycles. The summed E-state index contributed by atoms with van der Waals surface area (Å²) in [6.45, 7) is 0. The van der Waals surface area contributed by atoms with E-state index in [0.29, 0.717) is 6.07 Å². The maximum absolute atomic E-state index is 14.2. The fourth-order valence-corrected chi connectivity index (χ4v) is 5.04. The van der Waals surface area contributed by atoms with E-state index in [-0.39, 0.29) is 17.0 Å². The molecule has 8 nitrogen and oxygen atoms in total. The van der Waals surface area contributed by atoms with E-state index in [0.717, 1.165) is 39.4 Å². The molecule has 11 heteroatoms. The first-order valence-electron chi connectivity index (χ1n) is 9.66. The highest BCUT2D eigenvalue weighted by Crippen LogP contribution is 2.26. The van der Waals surface area contributed by atoms with E-state index in [2.05, 4.69) is 20.3 Å². The summed E-state index contributed by atoms with van der Waals surface area (Å²) in [6.07, 6.45) is 3.16. The molecular formula is C22H15F2N5O3S. The van der Waals surface area contributed by atoms with E-state index in [9.17, 15) is 22.0 Å². The molecule has 0 spiro atoms. The summed E-state index contributed by atoms with van der Waals surface area (Å²) in [6, 6.07) is 10.6. The van der Waals surface area contributed by atoms with Gasteiger partial charge in [-0.3, -0.25) is 9.36 Å². The molecule has 0 aliphatic heterocycles. The normalized spacial score (nSPS) is 11.8. The number of hydrogen-bond donors (Lipinski definition) is 2. The lowest BCUT2D eigenvalue weighted by Crippen LogP contribution is -2.25. The van der Waals surface area contributed by atoms with Crippen molar-refractivity contribution in [3.8, 4) is 0 Å². The Labute approximate surface area is 185 Å². The van der Waals surface area contributed by atoms with Crippen LogP contribution in [0.15, 0.2) is 75.5 Å². The van der Waals surface area contributed by atoms with Crippen molar-refractivity contribution in [2.24, 2.45) is 7.05 Å². The number of aromatic nitrogens is 4. The van der Waals surface area contributed by atoms with E-state index in [1.54, 1.807) is 6.20 Å². The lowest BCUT2D eigenvalue weighted by Gasteiger charge is -2.11. The SMILES string of the molecule is Cn1c(=O)c(S(=O)(=O)c2ccc(F)cc2F)cc2cnc(Nc3cccc4[nH]ccc34)nc21. The number of anilines is 2. The van der Waals surface area contributed by atoms with Gasteiger partial charge in [0, 0.05) is 41.8 Å². The van der Waals surface area contributed by atoms with Crippen LogP contribution in [0.4, 0.5) is 20.4 Å². The molecule has 2 aromatic carbocycles. The largest absolute Gasteiger partial charge is 0.361 e. The van der Waals surface area contributed by atoms with Gasteiger partial charge in [0.15, 0.2) is 0 Å². The monoisotopic (exact) mass is 467 g/mol. The highest BCUT2D eigenvalue weighted by atomic mass is 32.2. The summed E-state index contributed by atoms with van der Waals surface area (Å²) in [5.74, 6) is -2.01. The summed E-state index contributed by atoms with van der Waals surface area (Å²) in [4.78, 5) is 23.1. The van der Waals surface area contributed by atoms with Crippen molar-refractivity contribution >= 4 is 43.4 Å². The van der Waals surface area contributed by atoms with Crippen LogP contribution in [0, 0.1) is 11.6 Å².